The Labute approximate surface area is 159 Å². The standard InChI is InChI=1S/C22H35BO3/c1-20(2)17-11-12-21(3)22(20,15-17)26-23(25-21)18-10-7-13-24-19(14-18)16-8-5-4-6-9-16/h10,16-17,19H,4-9,11-15H2,1-3H3/t17?,19-,21?,22+/m0/s1. The Bertz CT molecular complexity index is 596. The van der Waals surface area contributed by atoms with Gasteiger partial charge in [0.15, 0.2) is 0 Å². The Kier molecular flexibility index (Phi) is 4.16. The first-order valence-corrected chi connectivity index (χ1v) is 11.1. The maximum absolute atomic E-state index is 6.82. The second kappa shape index (κ2) is 6.09. The summed E-state index contributed by atoms with van der Waals surface area (Å²) in [4.78, 5) is 0. The molecule has 1 spiro atoms. The molecule has 6 aliphatic rings. The smallest absolute Gasteiger partial charge is 0.399 e. The zero-order chi connectivity index (χ0) is 18.0. The van der Waals surface area contributed by atoms with Crippen molar-refractivity contribution in [2.45, 2.75) is 102 Å². The maximum Gasteiger partial charge on any atom is 0.490 e. The van der Waals surface area contributed by atoms with Crippen LogP contribution in [-0.2, 0) is 14.0 Å². The first-order valence-electron chi connectivity index (χ1n) is 11.1. The van der Waals surface area contributed by atoms with Crippen LogP contribution in [0.25, 0.3) is 0 Å². The predicted molar refractivity (Wildman–Crippen MR) is 104 cm³/mol. The SMILES string of the molecule is CC12CCC3C[C@@]1(OB(C1=CCCO[C@H](C4CCCCC4)C1)O2)C3(C)C. The molecule has 144 valence electrons. The highest BCUT2D eigenvalue weighted by molar-refractivity contribution is 6.54. The molecule has 3 nitrogen and oxygen atoms in total. The molecule has 6 rings (SSSR count). The summed E-state index contributed by atoms with van der Waals surface area (Å²) in [5, 5.41) is 0. The van der Waals surface area contributed by atoms with Crippen molar-refractivity contribution in [3.8, 4) is 0 Å². The van der Waals surface area contributed by atoms with E-state index in [4.69, 9.17) is 14.0 Å². The van der Waals surface area contributed by atoms with Gasteiger partial charge in [0.05, 0.1) is 23.9 Å². The molecule has 4 aliphatic carbocycles. The van der Waals surface area contributed by atoms with E-state index in [0.29, 0.717) is 6.10 Å². The largest absolute Gasteiger partial charge is 0.490 e. The Morgan fingerprint density at radius 2 is 1.85 bits per heavy atom. The number of hydrogen-bond acceptors (Lipinski definition) is 3. The monoisotopic (exact) mass is 358 g/mol. The van der Waals surface area contributed by atoms with Gasteiger partial charge in [-0.05, 0) is 74.6 Å². The molecule has 2 aliphatic heterocycles. The summed E-state index contributed by atoms with van der Waals surface area (Å²) in [5.41, 5.74) is 1.40. The first-order chi connectivity index (χ1) is 12.5. The lowest BCUT2D eigenvalue weighted by Gasteiger charge is -2.68. The van der Waals surface area contributed by atoms with Crippen LogP contribution in [-0.4, -0.2) is 31.0 Å². The summed E-state index contributed by atoms with van der Waals surface area (Å²) in [6.45, 7) is 7.98. The number of fused-ring (bicyclic) bond motifs is 1. The molecule has 2 bridgehead atoms. The predicted octanol–water partition coefficient (Wildman–Crippen LogP) is 5.08. The zero-order valence-electron chi connectivity index (χ0n) is 16.9. The number of hydrogen-bond donors (Lipinski definition) is 0. The Morgan fingerprint density at radius 3 is 2.58 bits per heavy atom. The van der Waals surface area contributed by atoms with Crippen molar-refractivity contribution in [2.24, 2.45) is 17.3 Å². The van der Waals surface area contributed by atoms with Crippen LogP contribution in [0.15, 0.2) is 11.5 Å². The minimum atomic E-state index is -0.147. The van der Waals surface area contributed by atoms with Crippen LogP contribution in [0.4, 0.5) is 0 Å². The molecule has 4 atom stereocenters. The molecule has 0 N–H and O–H groups in total. The van der Waals surface area contributed by atoms with Crippen LogP contribution >= 0.6 is 0 Å². The Hall–Kier alpha value is -0.315. The third-order valence-corrected chi connectivity index (χ3v) is 8.87. The molecular weight excluding hydrogens is 323 g/mol. The topological polar surface area (TPSA) is 27.7 Å². The Balaban J connectivity index is 1.36. The maximum atomic E-state index is 6.82. The summed E-state index contributed by atoms with van der Waals surface area (Å²) >= 11 is 0. The fourth-order valence-electron chi connectivity index (χ4n) is 6.99. The number of rotatable bonds is 2. The number of ether oxygens (including phenoxy) is 1. The molecule has 2 unspecified atom stereocenters. The van der Waals surface area contributed by atoms with Gasteiger partial charge in [-0.2, -0.15) is 0 Å². The van der Waals surface area contributed by atoms with E-state index in [0.717, 1.165) is 37.7 Å². The molecule has 4 saturated carbocycles. The van der Waals surface area contributed by atoms with Crippen LogP contribution in [0.2, 0.25) is 0 Å². The van der Waals surface area contributed by atoms with Crippen LogP contribution in [0.5, 0.6) is 0 Å². The fourth-order valence-corrected chi connectivity index (χ4v) is 6.99. The van der Waals surface area contributed by atoms with Crippen LogP contribution < -0.4 is 0 Å². The molecule has 1 saturated heterocycles. The van der Waals surface area contributed by atoms with Crippen molar-refractivity contribution < 1.29 is 14.0 Å². The molecule has 0 radical (unpaired) electrons. The van der Waals surface area contributed by atoms with Gasteiger partial charge in [-0.1, -0.05) is 39.2 Å². The first kappa shape index (κ1) is 17.8. The van der Waals surface area contributed by atoms with E-state index in [1.165, 1.54) is 50.4 Å². The van der Waals surface area contributed by atoms with E-state index in [2.05, 4.69) is 26.8 Å². The van der Waals surface area contributed by atoms with Gasteiger partial charge in [0.25, 0.3) is 0 Å². The molecule has 0 amide bonds. The normalized spacial score (nSPS) is 45.5. The van der Waals surface area contributed by atoms with E-state index in [9.17, 15) is 0 Å². The third-order valence-electron chi connectivity index (χ3n) is 8.87. The zero-order valence-corrected chi connectivity index (χ0v) is 16.9. The van der Waals surface area contributed by atoms with E-state index in [1.807, 2.05) is 0 Å². The van der Waals surface area contributed by atoms with E-state index in [-0.39, 0.29) is 23.7 Å². The van der Waals surface area contributed by atoms with Crippen LogP contribution in [0, 0.1) is 17.3 Å². The van der Waals surface area contributed by atoms with Gasteiger partial charge in [0.1, 0.15) is 0 Å². The molecule has 26 heavy (non-hydrogen) atoms. The highest BCUT2D eigenvalue weighted by atomic mass is 16.7. The van der Waals surface area contributed by atoms with E-state index >= 15 is 0 Å². The van der Waals surface area contributed by atoms with Crippen molar-refractivity contribution in [1.29, 1.82) is 0 Å². The van der Waals surface area contributed by atoms with E-state index in [1.54, 1.807) is 0 Å². The third kappa shape index (κ3) is 2.37. The second-order valence-electron chi connectivity index (χ2n) is 10.4. The average Bonchev–Trinajstić information content (AvgIpc) is 2.81. The fraction of sp³-hybridized carbons (Fsp3) is 0.909. The van der Waals surface area contributed by atoms with Crippen molar-refractivity contribution in [3.63, 3.8) is 0 Å². The minimum absolute atomic E-state index is 0.0814. The minimum Gasteiger partial charge on any atom is -0.399 e. The molecule has 0 aromatic carbocycles. The van der Waals surface area contributed by atoms with Gasteiger partial charge in [0.2, 0.25) is 0 Å². The van der Waals surface area contributed by atoms with E-state index < -0.39 is 0 Å². The highest BCUT2D eigenvalue weighted by Crippen LogP contribution is 2.70. The van der Waals surface area contributed by atoms with Gasteiger partial charge >= 0.3 is 7.12 Å². The molecule has 2 heterocycles. The molecule has 5 fully saturated rings. The summed E-state index contributed by atoms with van der Waals surface area (Å²) in [5.74, 6) is 1.53. The van der Waals surface area contributed by atoms with Gasteiger partial charge in [-0.3, -0.25) is 0 Å². The quantitative estimate of drug-likeness (QED) is 0.644. The average molecular weight is 358 g/mol. The van der Waals surface area contributed by atoms with Crippen molar-refractivity contribution >= 4 is 7.12 Å². The summed E-state index contributed by atoms with van der Waals surface area (Å²) in [6, 6.07) is 0. The molecular formula is C22H35BO3. The van der Waals surface area contributed by atoms with Crippen LogP contribution in [0.3, 0.4) is 0 Å². The molecule has 0 aromatic heterocycles. The lowest BCUT2D eigenvalue weighted by Crippen LogP contribution is -2.73. The summed E-state index contributed by atoms with van der Waals surface area (Å²) in [6.07, 6.45) is 15.2. The second-order valence-corrected chi connectivity index (χ2v) is 10.4. The van der Waals surface area contributed by atoms with Gasteiger partial charge in [-0.25, -0.2) is 0 Å². The molecule has 4 heteroatoms. The van der Waals surface area contributed by atoms with Crippen LogP contribution in [0.1, 0.15) is 85.0 Å². The van der Waals surface area contributed by atoms with Gasteiger partial charge in [0, 0.05) is 0 Å². The highest BCUT2D eigenvalue weighted by Gasteiger charge is 2.76. The van der Waals surface area contributed by atoms with Crippen molar-refractivity contribution in [2.75, 3.05) is 6.61 Å². The van der Waals surface area contributed by atoms with Gasteiger partial charge < -0.3 is 14.0 Å². The Morgan fingerprint density at radius 1 is 1.04 bits per heavy atom. The summed E-state index contributed by atoms with van der Waals surface area (Å²) in [7, 11) is -0.147. The lowest BCUT2D eigenvalue weighted by molar-refractivity contribution is -0.257. The molecule has 0 aromatic rings. The van der Waals surface area contributed by atoms with Crippen molar-refractivity contribution in [3.05, 3.63) is 11.5 Å². The van der Waals surface area contributed by atoms with Gasteiger partial charge in [-0.15, -0.1) is 0 Å². The summed E-state index contributed by atoms with van der Waals surface area (Å²) < 4.78 is 19.8. The van der Waals surface area contributed by atoms with Crippen molar-refractivity contribution in [1.82, 2.24) is 0 Å². The lowest BCUT2D eigenvalue weighted by atomic mass is 9.41.